The van der Waals surface area contributed by atoms with Crippen LogP contribution in [-0.4, -0.2) is 50.1 Å². The van der Waals surface area contributed by atoms with Gasteiger partial charge in [-0.3, -0.25) is 4.79 Å². The van der Waals surface area contributed by atoms with Gasteiger partial charge < -0.3 is 15.5 Å². The molecule has 0 bridgehead atoms. The fraction of sp³-hybridized carbons (Fsp3) is 0.909. The van der Waals surface area contributed by atoms with E-state index < -0.39 is 0 Å². The monoisotopic (exact) mass is 213 g/mol. The van der Waals surface area contributed by atoms with Crippen molar-refractivity contribution in [1.29, 1.82) is 0 Å². The molecule has 0 spiro atoms. The molecule has 4 nitrogen and oxygen atoms in total. The maximum absolute atomic E-state index is 12.0. The van der Waals surface area contributed by atoms with Gasteiger partial charge in [0.15, 0.2) is 0 Å². The van der Waals surface area contributed by atoms with Crippen LogP contribution in [0.3, 0.4) is 0 Å². The molecule has 1 unspecified atom stereocenters. The minimum absolute atomic E-state index is 0.100. The Morgan fingerprint density at radius 2 is 2.27 bits per heavy atom. The van der Waals surface area contributed by atoms with Gasteiger partial charge >= 0.3 is 0 Å². The van der Waals surface area contributed by atoms with E-state index in [-0.39, 0.29) is 5.92 Å². The van der Waals surface area contributed by atoms with Crippen LogP contribution in [0.2, 0.25) is 0 Å². The summed E-state index contributed by atoms with van der Waals surface area (Å²) in [5, 5.41) is 6.53. The summed E-state index contributed by atoms with van der Waals surface area (Å²) < 4.78 is 0. The molecule has 2 N–H and O–H groups in total. The van der Waals surface area contributed by atoms with Gasteiger partial charge in [-0.05, 0) is 19.5 Å². The van der Waals surface area contributed by atoms with Crippen molar-refractivity contribution in [2.75, 3.05) is 39.3 Å². The smallest absolute Gasteiger partial charge is 0.226 e. The Balaban J connectivity index is 2.35. The third-order valence-corrected chi connectivity index (χ3v) is 2.77. The van der Waals surface area contributed by atoms with Crippen LogP contribution in [0, 0.1) is 5.92 Å². The zero-order valence-corrected chi connectivity index (χ0v) is 9.88. The van der Waals surface area contributed by atoms with E-state index in [2.05, 4.69) is 17.6 Å². The van der Waals surface area contributed by atoms with Crippen molar-refractivity contribution in [2.24, 2.45) is 5.92 Å². The van der Waals surface area contributed by atoms with Crippen molar-refractivity contribution in [3.8, 4) is 0 Å². The van der Waals surface area contributed by atoms with Gasteiger partial charge in [0, 0.05) is 32.1 Å². The molecule has 1 saturated heterocycles. The van der Waals surface area contributed by atoms with Crippen molar-refractivity contribution < 1.29 is 4.79 Å². The van der Waals surface area contributed by atoms with E-state index in [1.54, 1.807) is 0 Å². The zero-order valence-electron chi connectivity index (χ0n) is 9.88. The van der Waals surface area contributed by atoms with E-state index in [4.69, 9.17) is 0 Å². The molecule has 0 aromatic heterocycles. The summed E-state index contributed by atoms with van der Waals surface area (Å²) in [6.07, 6.45) is 1.07. The Morgan fingerprint density at radius 1 is 1.47 bits per heavy atom. The highest BCUT2D eigenvalue weighted by Gasteiger charge is 2.20. The Kier molecular flexibility index (Phi) is 5.65. The van der Waals surface area contributed by atoms with Crippen LogP contribution >= 0.6 is 0 Å². The quantitative estimate of drug-likeness (QED) is 0.694. The summed E-state index contributed by atoms with van der Waals surface area (Å²) in [5.74, 6) is 0.391. The Morgan fingerprint density at radius 3 is 3.00 bits per heavy atom. The Hall–Kier alpha value is -0.610. The summed E-state index contributed by atoms with van der Waals surface area (Å²) in [6.45, 7) is 9.51. The maximum Gasteiger partial charge on any atom is 0.226 e. The second kappa shape index (κ2) is 6.80. The van der Waals surface area contributed by atoms with Crippen molar-refractivity contribution in [3.63, 3.8) is 0 Å². The molecule has 1 fully saturated rings. The fourth-order valence-electron chi connectivity index (χ4n) is 1.83. The van der Waals surface area contributed by atoms with Gasteiger partial charge in [0.2, 0.25) is 5.91 Å². The zero-order chi connectivity index (χ0) is 11.1. The van der Waals surface area contributed by atoms with Gasteiger partial charge in [-0.2, -0.15) is 0 Å². The second-order valence-electron chi connectivity index (χ2n) is 4.14. The molecule has 1 atom stereocenters. The molecule has 1 aliphatic rings. The molecule has 4 heteroatoms. The van der Waals surface area contributed by atoms with Crippen LogP contribution in [0.5, 0.6) is 0 Å². The molecule has 1 aliphatic heterocycles. The Bertz CT molecular complexity index is 188. The van der Waals surface area contributed by atoms with Crippen LogP contribution in [-0.2, 0) is 4.79 Å². The van der Waals surface area contributed by atoms with Gasteiger partial charge in [-0.15, -0.1) is 0 Å². The van der Waals surface area contributed by atoms with E-state index in [0.29, 0.717) is 5.91 Å². The molecule has 1 amide bonds. The number of amides is 1. The lowest BCUT2D eigenvalue weighted by molar-refractivity contribution is -0.134. The van der Waals surface area contributed by atoms with E-state index in [1.165, 1.54) is 0 Å². The fourth-order valence-corrected chi connectivity index (χ4v) is 1.83. The molecule has 0 radical (unpaired) electrons. The van der Waals surface area contributed by atoms with Crippen LogP contribution < -0.4 is 10.6 Å². The van der Waals surface area contributed by atoms with E-state index in [1.807, 2.05) is 11.8 Å². The van der Waals surface area contributed by atoms with Crippen LogP contribution in [0.25, 0.3) is 0 Å². The maximum atomic E-state index is 12.0. The van der Waals surface area contributed by atoms with E-state index in [9.17, 15) is 4.79 Å². The van der Waals surface area contributed by atoms with Crippen LogP contribution in [0.4, 0.5) is 0 Å². The molecule has 88 valence electrons. The number of rotatable bonds is 4. The van der Waals surface area contributed by atoms with Crippen molar-refractivity contribution >= 4 is 5.91 Å². The number of nitrogens with zero attached hydrogens (tertiary/aromatic N) is 1. The molecule has 0 aromatic carbocycles. The predicted molar refractivity (Wildman–Crippen MR) is 61.8 cm³/mol. The van der Waals surface area contributed by atoms with Crippen molar-refractivity contribution in [2.45, 2.75) is 20.3 Å². The highest BCUT2D eigenvalue weighted by atomic mass is 16.2. The molecular formula is C11H23N3O. The van der Waals surface area contributed by atoms with Gasteiger partial charge in [-0.1, -0.05) is 13.8 Å². The summed E-state index contributed by atoms with van der Waals surface area (Å²) in [6, 6.07) is 0. The summed E-state index contributed by atoms with van der Waals surface area (Å²) in [7, 11) is 0. The third-order valence-electron chi connectivity index (χ3n) is 2.77. The number of hydrogen-bond acceptors (Lipinski definition) is 3. The molecule has 0 aromatic rings. The average molecular weight is 213 g/mol. The molecule has 1 rings (SSSR count). The van der Waals surface area contributed by atoms with E-state index >= 15 is 0 Å². The SMILES string of the molecule is CCNCC(C)C(=O)N1CCCNCC1. The highest BCUT2D eigenvalue weighted by Crippen LogP contribution is 2.04. The van der Waals surface area contributed by atoms with Crippen molar-refractivity contribution in [3.05, 3.63) is 0 Å². The van der Waals surface area contributed by atoms with Gasteiger partial charge in [-0.25, -0.2) is 0 Å². The lowest BCUT2D eigenvalue weighted by atomic mass is 10.1. The molecule has 1 heterocycles. The highest BCUT2D eigenvalue weighted by molar-refractivity contribution is 5.78. The van der Waals surface area contributed by atoms with Gasteiger partial charge in [0.05, 0.1) is 0 Å². The number of carbonyl (C=O) groups excluding carboxylic acids is 1. The minimum atomic E-state index is 0.100. The average Bonchev–Trinajstić information content (AvgIpc) is 2.53. The second-order valence-corrected chi connectivity index (χ2v) is 4.14. The standard InChI is InChI=1S/C11H23N3O/c1-3-12-9-10(2)11(15)14-7-4-5-13-6-8-14/h10,12-13H,3-9H2,1-2H3. The Labute approximate surface area is 92.4 Å². The third kappa shape index (κ3) is 4.18. The van der Waals surface area contributed by atoms with Gasteiger partial charge in [0.1, 0.15) is 0 Å². The first-order chi connectivity index (χ1) is 7.25. The lowest BCUT2D eigenvalue weighted by Gasteiger charge is -2.23. The summed E-state index contributed by atoms with van der Waals surface area (Å²) in [5.41, 5.74) is 0. The molecule has 0 aliphatic carbocycles. The summed E-state index contributed by atoms with van der Waals surface area (Å²) in [4.78, 5) is 14.0. The largest absolute Gasteiger partial charge is 0.341 e. The topological polar surface area (TPSA) is 44.4 Å². The first-order valence-corrected chi connectivity index (χ1v) is 5.96. The van der Waals surface area contributed by atoms with Crippen LogP contribution in [0.15, 0.2) is 0 Å². The molecular weight excluding hydrogens is 190 g/mol. The van der Waals surface area contributed by atoms with Crippen LogP contribution in [0.1, 0.15) is 20.3 Å². The van der Waals surface area contributed by atoms with Crippen molar-refractivity contribution in [1.82, 2.24) is 15.5 Å². The first-order valence-electron chi connectivity index (χ1n) is 5.96. The number of carbonyl (C=O) groups is 1. The number of nitrogens with one attached hydrogen (secondary N) is 2. The van der Waals surface area contributed by atoms with Gasteiger partial charge in [0.25, 0.3) is 0 Å². The normalized spacial score (nSPS) is 19.7. The number of hydrogen-bond donors (Lipinski definition) is 2. The summed E-state index contributed by atoms with van der Waals surface area (Å²) >= 11 is 0. The minimum Gasteiger partial charge on any atom is -0.341 e. The lowest BCUT2D eigenvalue weighted by Crippen LogP contribution is -2.40. The first kappa shape index (κ1) is 12.5. The molecule has 0 saturated carbocycles. The predicted octanol–water partition coefficient (Wildman–Crippen LogP) is 0.0539. The molecule has 15 heavy (non-hydrogen) atoms. The van der Waals surface area contributed by atoms with E-state index in [0.717, 1.165) is 45.7 Å².